The molecule has 0 aliphatic heterocycles. The highest BCUT2D eigenvalue weighted by atomic mass is 16.6. The monoisotopic (exact) mass is 259 g/mol. The first-order valence-corrected chi connectivity index (χ1v) is 6.26. The molecule has 0 atom stereocenters. The summed E-state index contributed by atoms with van der Waals surface area (Å²) in [6.45, 7) is 6.94. The van der Waals surface area contributed by atoms with Gasteiger partial charge in [0.2, 0.25) is 0 Å². The summed E-state index contributed by atoms with van der Waals surface area (Å²) in [5, 5.41) is 15.8. The Kier molecular flexibility index (Phi) is 3.64. The number of nitrogens with one attached hydrogen (secondary N) is 1. The van der Waals surface area contributed by atoms with Gasteiger partial charge in [-0.05, 0) is 25.0 Å². The van der Waals surface area contributed by atoms with Gasteiger partial charge in [-0.15, -0.1) is 0 Å². The van der Waals surface area contributed by atoms with Gasteiger partial charge >= 0.3 is 0 Å². The fourth-order valence-corrected chi connectivity index (χ4v) is 1.96. The molecule has 5 heteroatoms. The molecule has 2 rings (SSSR count). The number of fused-ring (bicyclic) bond motifs is 1. The van der Waals surface area contributed by atoms with Crippen molar-refractivity contribution in [2.24, 2.45) is 5.92 Å². The van der Waals surface area contributed by atoms with E-state index < -0.39 is 0 Å². The Hall–Kier alpha value is -2.17. The molecule has 19 heavy (non-hydrogen) atoms. The lowest BCUT2D eigenvalue weighted by Gasteiger charge is -2.12. The molecule has 0 spiro atoms. The van der Waals surface area contributed by atoms with Crippen molar-refractivity contribution in [1.82, 2.24) is 4.98 Å². The second-order valence-corrected chi connectivity index (χ2v) is 5.04. The van der Waals surface area contributed by atoms with Gasteiger partial charge in [-0.2, -0.15) is 0 Å². The molecule has 0 aliphatic rings. The molecule has 0 saturated carbocycles. The highest BCUT2D eigenvalue weighted by Gasteiger charge is 2.14. The second kappa shape index (κ2) is 5.22. The van der Waals surface area contributed by atoms with E-state index in [2.05, 4.69) is 24.1 Å². The van der Waals surface area contributed by atoms with Crippen LogP contribution in [0.25, 0.3) is 10.8 Å². The maximum atomic E-state index is 11.0. The zero-order valence-electron chi connectivity index (χ0n) is 11.3. The van der Waals surface area contributed by atoms with E-state index in [0.717, 1.165) is 23.3 Å². The number of hydrogen-bond donors (Lipinski definition) is 1. The molecule has 1 aromatic carbocycles. The summed E-state index contributed by atoms with van der Waals surface area (Å²) in [5.74, 6) is 0.508. The minimum absolute atomic E-state index is 0.0950. The third-order valence-corrected chi connectivity index (χ3v) is 2.91. The number of hydrogen-bond acceptors (Lipinski definition) is 4. The SMILES string of the molecule is Cc1cc2c(NCC(C)C)ccc([N+](=O)[O-])c2cn1. The average Bonchev–Trinajstić information content (AvgIpc) is 2.35. The van der Waals surface area contributed by atoms with Crippen LogP contribution in [-0.2, 0) is 0 Å². The summed E-state index contributed by atoms with van der Waals surface area (Å²) in [4.78, 5) is 14.8. The van der Waals surface area contributed by atoms with Crippen LogP contribution in [0.1, 0.15) is 19.5 Å². The molecular weight excluding hydrogens is 242 g/mol. The lowest BCUT2D eigenvalue weighted by molar-refractivity contribution is -0.383. The molecule has 1 heterocycles. The Balaban J connectivity index is 2.57. The van der Waals surface area contributed by atoms with E-state index in [0.29, 0.717) is 11.3 Å². The highest BCUT2D eigenvalue weighted by Crippen LogP contribution is 2.31. The van der Waals surface area contributed by atoms with Crippen molar-refractivity contribution in [2.45, 2.75) is 20.8 Å². The maximum absolute atomic E-state index is 11.0. The van der Waals surface area contributed by atoms with Crippen LogP contribution < -0.4 is 5.32 Å². The van der Waals surface area contributed by atoms with Gasteiger partial charge < -0.3 is 5.32 Å². The zero-order chi connectivity index (χ0) is 14.0. The normalized spacial score (nSPS) is 10.9. The molecule has 0 aliphatic carbocycles. The number of nitro groups is 1. The maximum Gasteiger partial charge on any atom is 0.278 e. The quantitative estimate of drug-likeness (QED) is 0.673. The van der Waals surface area contributed by atoms with Gasteiger partial charge in [-0.25, -0.2) is 0 Å². The molecule has 5 nitrogen and oxygen atoms in total. The van der Waals surface area contributed by atoms with E-state index in [1.807, 2.05) is 13.0 Å². The van der Waals surface area contributed by atoms with E-state index in [9.17, 15) is 10.1 Å². The molecule has 0 radical (unpaired) electrons. The van der Waals surface area contributed by atoms with Gasteiger partial charge in [-0.3, -0.25) is 15.1 Å². The van der Waals surface area contributed by atoms with Crippen LogP contribution in [0.4, 0.5) is 11.4 Å². The third-order valence-electron chi connectivity index (χ3n) is 2.91. The molecule has 1 N–H and O–H groups in total. The van der Waals surface area contributed by atoms with Gasteiger partial charge in [0.05, 0.1) is 10.3 Å². The largest absolute Gasteiger partial charge is 0.384 e. The van der Waals surface area contributed by atoms with E-state index >= 15 is 0 Å². The Morgan fingerprint density at radius 1 is 1.37 bits per heavy atom. The highest BCUT2D eigenvalue weighted by molar-refractivity contribution is 5.99. The van der Waals surface area contributed by atoms with Gasteiger partial charge in [0, 0.05) is 35.6 Å². The molecule has 100 valence electrons. The number of aromatic nitrogens is 1. The van der Waals surface area contributed by atoms with Crippen LogP contribution in [0.3, 0.4) is 0 Å². The van der Waals surface area contributed by atoms with E-state index in [1.54, 1.807) is 12.3 Å². The van der Waals surface area contributed by atoms with Crippen molar-refractivity contribution in [3.63, 3.8) is 0 Å². The Morgan fingerprint density at radius 3 is 2.74 bits per heavy atom. The van der Waals surface area contributed by atoms with E-state index in [1.165, 1.54) is 6.07 Å². The van der Waals surface area contributed by atoms with Crippen LogP contribution in [0.15, 0.2) is 24.4 Å². The molecule has 0 amide bonds. The summed E-state index contributed by atoms with van der Waals surface area (Å²) >= 11 is 0. The number of anilines is 1. The first-order valence-electron chi connectivity index (χ1n) is 6.26. The Bertz CT molecular complexity index is 623. The first kappa shape index (κ1) is 13.3. The zero-order valence-corrected chi connectivity index (χ0v) is 11.3. The summed E-state index contributed by atoms with van der Waals surface area (Å²) in [5.41, 5.74) is 1.86. The van der Waals surface area contributed by atoms with E-state index in [4.69, 9.17) is 0 Å². The van der Waals surface area contributed by atoms with Crippen LogP contribution in [0.5, 0.6) is 0 Å². The number of benzene rings is 1. The van der Waals surface area contributed by atoms with Crippen molar-refractivity contribution in [1.29, 1.82) is 0 Å². The van der Waals surface area contributed by atoms with Crippen LogP contribution in [0, 0.1) is 23.0 Å². The average molecular weight is 259 g/mol. The van der Waals surface area contributed by atoms with Crippen molar-refractivity contribution in [3.8, 4) is 0 Å². The van der Waals surface area contributed by atoms with Crippen LogP contribution in [0.2, 0.25) is 0 Å². The summed E-state index contributed by atoms with van der Waals surface area (Å²) in [6.07, 6.45) is 1.57. The Morgan fingerprint density at radius 2 is 2.11 bits per heavy atom. The molecule has 0 fully saturated rings. The van der Waals surface area contributed by atoms with Crippen LogP contribution >= 0.6 is 0 Å². The van der Waals surface area contributed by atoms with Crippen molar-refractivity contribution in [2.75, 3.05) is 11.9 Å². The third kappa shape index (κ3) is 2.81. The fourth-order valence-electron chi connectivity index (χ4n) is 1.96. The first-order chi connectivity index (χ1) is 8.99. The number of non-ortho nitro benzene ring substituents is 1. The van der Waals surface area contributed by atoms with E-state index in [-0.39, 0.29) is 10.6 Å². The van der Waals surface area contributed by atoms with Gasteiger partial charge in [-0.1, -0.05) is 13.8 Å². The van der Waals surface area contributed by atoms with Crippen molar-refractivity contribution in [3.05, 3.63) is 40.2 Å². The number of aryl methyl sites for hydroxylation is 1. The molecule has 2 aromatic rings. The Labute approximate surface area is 111 Å². The summed E-state index contributed by atoms with van der Waals surface area (Å²) < 4.78 is 0. The number of rotatable bonds is 4. The van der Waals surface area contributed by atoms with Gasteiger partial charge in [0.1, 0.15) is 0 Å². The molecule has 0 saturated heterocycles. The van der Waals surface area contributed by atoms with Crippen LogP contribution in [-0.4, -0.2) is 16.5 Å². The van der Waals surface area contributed by atoms with Crippen molar-refractivity contribution >= 4 is 22.1 Å². The number of nitrogens with zero attached hydrogens (tertiary/aromatic N) is 2. The topological polar surface area (TPSA) is 68.1 Å². The predicted molar refractivity (Wildman–Crippen MR) is 76.5 cm³/mol. The molecule has 1 aromatic heterocycles. The standard InChI is InChI=1S/C14H17N3O2/c1-9(2)7-16-13-4-5-14(17(18)19)12-8-15-10(3)6-11(12)13/h4-6,8-9,16H,7H2,1-3H3. The smallest absolute Gasteiger partial charge is 0.278 e. The van der Waals surface area contributed by atoms with Gasteiger partial charge in [0.25, 0.3) is 5.69 Å². The lowest BCUT2D eigenvalue weighted by Crippen LogP contribution is -2.08. The van der Waals surface area contributed by atoms with Crippen molar-refractivity contribution < 1.29 is 4.92 Å². The molecule has 0 bridgehead atoms. The number of nitro benzene ring substituents is 1. The second-order valence-electron chi connectivity index (χ2n) is 5.04. The number of pyridine rings is 1. The summed E-state index contributed by atoms with van der Waals surface area (Å²) in [6, 6.07) is 5.18. The minimum Gasteiger partial charge on any atom is -0.384 e. The minimum atomic E-state index is -0.369. The predicted octanol–water partition coefficient (Wildman–Crippen LogP) is 3.52. The lowest BCUT2D eigenvalue weighted by atomic mass is 10.1. The van der Waals surface area contributed by atoms with Gasteiger partial charge in [0.15, 0.2) is 0 Å². The molecular formula is C14H17N3O2. The summed E-state index contributed by atoms with van der Waals surface area (Å²) in [7, 11) is 0. The molecule has 0 unspecified atom stereocenters. The fraction of sp³-hybridized carbons (Fsp3) is 0.357.